The Hall–Kier alpha value is -4.23. The summed E-state index contributed by atoms with van der Waals surface area (Å²) < 4.78 is 23.6. The lowest BCUT2D eigenvalue weighted by Gasteiger charge is -2.12. The van der Waals surface area contributed by atoms with Crippen molar-refractivity contribution in [1.82, 2.24) is 9.97 Å². The molecule has 0 aliphatic heterocycles. The van der Waals surface area contributed by atoms with Crippen LogP contribution in [-0.4, -0.2) is 16.3 Å². The lowest BCUT2D eigenvalue weighted by atomic mass is 10.1. The van der Waals surface area contributed by atoms with Gasteiger partial charge in [0.1, 0.15) is 30.3 Å². The molecule has 8 heteroatoms. The summed E-state index contributed by atoms with van der Waals surface area (Å²) in [5, 5.41) is 4.67. The van der Waals surface area contributed by atoms with Crippen molar-refractivity contribution in [2.24, 2.45) is 0 Å². The molecule has 0 aliphatic rings. The maximum atomic E-state index is 13.3. The first-order valence-corrected chi connectivity index (χ1v) is 11.0. The molecular formula is C27H21ClFN3O3. The monoisotopic (exact) mass is 489 g/mol. The molecule has 0 unspecified atom stereocenters. The van der Waals surface area contributed by atoms with Crippen molar-refractivity contribution in [3.8, 4) is 5.75 Å². The molecule has 5 aromatic rings. The fraction of sp³-hybridized carbons (Fsp3) is 0.0741. The van der Waals surface area contributed by atoms with E-state index in [2.05, 4.69) is 19.7 Å². The number of halogens is 2. The lowest BCUT2D eigenvalue weighted by molar-refractivity contribution is 0.110. The summed E-state index contributed by atoms with van der Waals surface area (Å²) in [6, 6.07) is 21.0. The number of aromatic nitrogens is 2. The van der Waals surface area contributed by atoms with Crippen molar-refractivity contribution < 1.29 is 18.3 Å². The van der Waals surface area contributed by atoms with E-state index in [-0.39, 0.29) is 12.4 Å². The molecule has 0 atom stereocenters. The standard InChI is InChI=1S/C22H17ClFN3O.C5H4O2/c1-14-5-7-20-18(9-14)22(26-13-25-20)27-17-6-8-21(19(23)11-17)28-12-15-3-2-4-16(24)10-15;6-4-5-2-1-3-7-5/h2-11,13H,12H2,1H3,(H,25,26,27);1-4H. The van der Waals surface area contributed by atoms with Gasteiger partial charge in [0.15, 0.2) is 12.0 Å². The van der Waals surface area contributed by atoms with Crippen molar-refractivity contribution >= 4 is 40.3 Å². The van der Waals surface area contributed by atoms with E-state index in [0.717, 1.165) is 27.7 Å². The first-order valence-electron chi connectivity index (χ1n) is 10.7. The number of nitrogens with one attached hydrogen (secondary N) is 1. The van der Waals surface area contributed by atoms with Crippen LogP contribution in [-0.2, 0) is 6.61 Å². The summed E-state index contributed by atoms with van der Waals surface area (Å²) >= 11 is 6.36. The van der Waals surface area contributed by atoms with E-state index < -0.39 is 0 Å². The molecule has 0 saturated carbocycles. The number of aldehydes is 1. The molecule has 0 radical (unpaired) electrons. The van der Waals surface area contributed by atoms with Gasteiger partial charge in [0.2, 0.25) is 0 Å². The van der Waals surface area contributed by atoms with Gasteiger partial charge < -0.3 is 14.5 Å². The Bertz CT molecular complexity index is 1440. The topological polar surface area (TPSA) is 77.3 Å². The summed E-state index contributed by atoms with van der Waals surface area (Å²) in [5.41, 5.74) is 3.51. The van der Waals surface area contributed by atoms with Crippen LogP contribution in [0, 0.1) is 12.7 Å². The van der Waals surface area contributed by atoms with Gasteiger partial charge in [-0.25, -0.2) is 14.4 Å². The van der Waals surface area contributed by atoms with Gasteiger partial charge in [-0.3, -0.25) is 4.79 Å². The molecule has 0 aliphatic carbocycles. The van der Waals surface area contributed by atoms with Crippen LogP contribution in [0.3, 0.4) is 0 Å². The van der Waals surface area contributed by atoms with E-state index in [0.29, 0.717) is 28.6 Å². The number of ether oxygens (including phenoxy) is 1. The lowest BCUT2D eigenvalue weighted by Crippen LogP contribution is -1.98. The zero-order valence-electron chi connectivity index (χ0n) is 18.7. The third kappa shape index (κ3) is 6.43. The maximum Gasteiger partial charge on any atom is 0.185 e. The van der Waals surface area contributed by atoms with Gasteiger partial charge in [0.25, 0.3) is 0 Å². The third-order valence-electron chi connectivity index (χ3n) is 4.93. The zero-order chi connectivity index (χ0) is 24.6. The first kappa shape index (κ1) is 23.9. The Kier molecular flexibility index (Phi) is 7.70. The van der Waals surface area contributed by atoms with E-state index in [4.69, 9.17) is 16.3 Å². The minimum atomic E-state index is -0.293. The highest BCUT2D eigenvalue weighted by Gasteiger charge is 2.08. The van der Waals surface area contributed by atoms with Crippen LogP contribution in [0.25, 0.3) is 10.9 Å². The summed E-state index contributed by atoms with van der Waals surface area (Å²) in [7, 11) is 0. The van der Waals surface area contributed by atoms with Crippen molar-refractivity contribution in [3.63, 3.8) is 0 Å². The molecule has 0 saturated heterocycles. The predicted molar refractivity (Wildman–Crippen MR) is 134 cm³/mol. The van der Waals surface area contributed by atoms with Crippen LogP contribution in [0.4, 0.5) is 15.9 Å². The SMILES string of the molecule is Cc1ccc2ncnc(Nc3ccc(OCc4cccc(F)c4)c(Cl)c3)c2c1.O=Cc1ccco1. The molecule has 2 aromatic heterocycles. The van der Waals surface area contributed by atoms with Crippen LogP contribution in [0.5, 0.6) is 5.75 Å². The van der Waals surface area contributed by atoms with E-state index in [1.54, 1.807) is 36.4 Å². The average Bonchev–Trinajstić information content (AvgIpc) is 3.39. The molecule has 3 aromatic carbocycles. The number of hydrogen-bond donors (Lipinski definition) is 1. The van der Waals surface area contributed by atoms with E-state index >= 15 is 0 Å². The number of carbonyl (C=O) groups excluding carboxylic acids is 1. The molecule has 176 valence electrons. The fourth-order valence-corrected chi connectivity index (χ4v) is 3.48. The Balaban J connectivity index is 0.000000356. The molecule has 5 rings (SSSR count). The predicted octanol–water partition coefficient (Wildman–Crippen LogP) is 7.15. The highest BCUT2D eigenvalue weighted by atomic mass is 35.5. The van der Waals surface area contributed by atoms with Crippen LogP contribution in [0.1, 0.15) is 21.7 Å². The van der Waals surface area contributed by atoms with Crippen molar-refractivity contribution in [3.05, 3.63) is 113 Å². The Morgan fingerprint density at radius 2 is 1.94 bits per heavy atom. The first-order chi connectivity index (χ1) is 17.0. The molecular weight excluding hydrogens is 469 g/mol. The number of aryl methyl sites for hydroxylation is 1. The number of hydrogen-bond acceptors (Lipinski definition) is 6. The van der Waals surface area contributed by atoms with Gasteiger partial charge >= 0.3 is 0 Å². The number of carbonyl (C=O) groups is 1. The molecule has 0 bridgehead atoms. The van der Waals surface area contributed by atoms with Gasteiger partial charge in [0, 0.05) is 11.1 Å². The molecule has 35 heavy (non-hydrogen) atoms. The van der Waals surface area contributed by atoms with Crippen LogP contribution in [0.2, 0.25) is 5.02 Å². The number of furan rings is 1. The summed E-state index contributed by atoms with van der Waals surface area (Å²) in [5.74, 6) is 1.32. The minimum absolute atomic E-state index is 0.236. The largest absolute Gasteiger partial charge is 0.487 e. The van der Waals surface area contributed by atoms with Gasteiger partial charge in [-0.2, -0.15) is 0 Å². The highest BCUT2D eigenvalue weighted by molar-refractivity contribution is 6.32. The number of benzene rings is 3. The van der Waals surface area contributed by atoms with Crippen LogP contribution in [0.15, 0.2) is 89.8 Å². The van der Waals surface area contributed by atoms with Gasteiger partial charge in [-0.15, -0.1) is 0 Å². The molecule has 0 amide bonds. The smallest absolute Gasteiger partial charge is 0.185 e. The van der Waals surface area contributed by atoms with Crippen molar-refractivity contribution in [2.45, 2.75) is 13.5 Å². The molecule has 2 heterocycles. The van der Waals surface area contributed by atoms with Crippen LogP contribution < -0.4 is 10.1 Å². The number of anilines is 2. The van der Waals surface area contributed by atoms with Crippen molar-refractivity contribution in [1.29, 1.82) is 0 Å². The Labute approximate surface area is 206 Å². The third-order valence-corrected chi connectivity index (χ3v) is 5.22. The molecule has 1 N–H and O–H groups in total. The number of nitrogens with zero attached hydrogens (tertiary/aromatic N) is 2. The highest BCUT2D eigenvalue weighted by Crippen LogP contribution is 2.31. The van der Waals surface area contributed by atoms with Crippen LogP contribution >= 0.6 is 11.6 Å². The normalized spacial score (nSPS) is 10.4. The summed E-state index contributed by atoms with van der Waals surface area (Å²) in [6.45, 7) is 2.26. The second-order valence-corrected chi connectivity index (χ2v) is 7.97. The van der Waals surface area contributed by atoms with E-state index in [1.165, 1.54) is 24.7 Å². The zero-order valence-corrected chi connectivity index (χ0v) is 19.5. The number of rotatable bonds is 6. The van der Waals surface area contributed by atoms with E-state index in [9.17, 15) is 9.18 Å². The average molecular weight is 490 g/mol. The van der Waals surface area contributed by atoms with Gasteiger partial charge in [0.05, 0.1) is 16.8 Å². The quantitative estimate of drug-likeness (QED) is 0.255. The van der Waals surface area contributed by atoms with Gasteiger partial charge in [-0.05, 0) is 67.1 Å². The van der Waals surface area contributed by atoms with E-state index in [1.807, 2.05) is 31.2 Å². The summed E-state index contributed by atoms with van der Waals surface area (Å²) in [4.78, 5) is 18.4. The Morgan fingerprint density at radius 1 is 1.06 bits per heavy atom. The van der Waals surface area contributed by atoms with Gasteiger partial charge in [-0.1, -0.05) is 35.4 Å². The van der Waals surface area contributed by atoms with Crippen molar-refractivity contribution in [2.75, 3.05) is 5.32 Å². The second-order valence-electron chi connectivity index (χ2n) is 7.56. The number of fused-ring (bicyclic) bond motifs is 1. The molecule has 0 spiro atoms. The fourth-order valence-electron chi connectivity index (χ4n) is 3.25. The Morgan fingerprint density at radius 3 is 2.66 bits per heavy atom. The second kappa shape index (κ2) is 11.3. The minimum Gasteiger partial charge on any atom is -0.487 e. The molecule has 0 fully saturated rings. The molecule has 6 nitrogen and oxygen atoms in total. The summed E-state index contributed by atoms with van der Waals surface area (Å²) in [6.07, 6.45) is 3.65. The maximum absolute atomic E-state index is 13.3.